The van der Waals surface area contributed by atoms with Crippen LogP contribution in [-0.4, -0.2) is 62.9 Å². The van der Waals surface area contributed by atoms with Crippen molar-refractivity contribution < 1.29 is 48.9 Å². The molecule has 10 heavy (non-hydrogen) atoms. The maximum absolute atomic E-state index is 8.44. The summed E-state index contributed by atoms with van der Waals surface area (Å²) >= 11 is 0. The molecule has 0 unspecified atom stereocenters. The summed E-state index contributed by atoms with van der Waals surface area (Å²) < 4.78 is 0. The SMILES string of the molecule is O=C([O-])O.O=C([O-])[O-].[Li+].[Sr+2]. The van der Waals surface area contributed by atoms with Crippen molar-refractivity contribution in [3.63, 3.8) is 0 Å². The first-order valence-corrected chi connectivity index (χ1v) is 1.24. The third-order valence-electron chi connectivity index (χ3n) is 0. The predicted molar refractivity (Wildman–Crippen MR) is 19.2 cm³/mol. The summed E-state index contributed by atoms with van der Waals surface area (Å²) in [5.41, 5.74) is 0. The molecule has 6 nitrogen and oxygen atoms in total. The fourth-order valence-electron chi connectivity index (χ4n) is 0. The summed E-state index contributed by atoms with van der Waals surface area (Å²) in [5.74, 6) is 0. The molecule has 0 saturated carbocycles. The van der Waals surface area contributed by atoms with Gasteiger partial charge in [-0.3, -0.25) is 0 Å². The van der Waals surface area contributed by atoms with Crippen molar-refractivity contribution in [1.29, 1.82) is 0 Å². The molecule has 8 heteroatoms. The topological polar surface area (TPSA) is 124 Å². The van der Waals surface area contributed by atoms with Crippen LogP contribution in [0.5, 0.6) is 0 Å². The minimum atomic E-state index is -2.33. The van der Waals surface area contributed by atoms with Crippen LogP contribution >= 0.6 is 0 Å². The van der Waals surface area contributed by atoms with Crippen LogP contribution in [0.3, 0.4) is 0 Å². The molecule has 1 N–H and O–H groups in total. The zero-order valence-electron chi connectivity index (χ0n) is 5.20. The predicted octanol–water partition coefficient (Wildman–Crippen LogP) is -6.94. The Morgan fingerprint density at radius 3 is 1.10 bits per heavy atom. The smallest absolute Gasteiger partial charge is 0.652 e. The summed E-state index contributed by atoms with van der Waals surface area (Å²) in [7, 11) is 0. The van der Waals surface area contributed by atoms with Gasteiger partial charge in [0.2, 0.25) is 6.16 Å². The van der Waals surface area contributed by atoms with Gasteiger partial charge in [-0.25, -0.2) is 0 Å². The number of carboxylic acid groups (broad SMARTS) is 4. The molecule has 0 aliphatic rings. The van der Waals surface area contributed by atoms with Gasteiger partial charge in [-0.05, 0) is 6.16 Å². The number of carbonyl (C=O) groups excluding carboxylic acids is 1. The molecule has 0 amide bonds. The summed E-state index contributed by atoms with van der Waals surface area (Å²) in [6.45, 7) is 0. The van der Waals surface area contributed by atoms with Crippen molar-refractivity contribution >= 4 is 57.8 Å². The monoisotopic (exact) mass is 216 g/mol. The molecule has 0 atom stereocenters. The van der Waals surface area contributed by atoms with Crippen LogP contribution in [0.25, 0.3) is 0 Å². The van der Waals surface area contributed by atoms with E-state index in [-0.39, 0.29) is 64.3 Å². The third-order valence-corrected chi connectivity index (χ3v) is 0. The summed E-state index contributed by atoms with van der Waals surface area (Å²) in [5, 5.41) is 32.0. The van der Waals surface area contributed by atoms with Crippen LogP contribution in [0.4, 0.5) is 9.59 Å². The molecule has 0 aliphatic carbocycles. The summed E-state index contributed by atoms with van der Waals surface area (Å²) in [4.78, 5) is 16.8. The Morgan fingerprint density at radius 1 is 1.10 bits per heavy atom. The van der Waals surface area contributed by atoms with Crippen LogP contribution in [-0.2, 0) is 0 Å². The van der Waals surface area contributed by atoms with Crippen LogP contribution in [0.15, 0.2) is 0 Å². The Bertz CT molecular complexity index is 73.7. The Labute approximate surface area is 105 Å². The number of hydrogen-bond acceptors (Lipinski definition) is 5. The first-order chi connectivity index (χ1) is 3.46. The van der Waals surface area contributed by atoms with E-state index >= 15 is 0 Å². The fraction of sp³-hybridized carbons (Fsp3) is 0. The van der Waals surface area contributed by atoms with Crippen molar-refractivity contribution in [2.24, 2.45) is 0 Å². The van der Waals surface area contributed by atoms with Crippen LogP contribution in [0, 0.1) is 0 Å². The summed E-state index contributed by atoms with van der Waals surface area (Å²) in [6.07, 6.45) is -4.42. The molecule has 0 saturated heterocycles. The molecule has 0 bridgehead atoms. The zero-order valence-corrected chi connectivity index (χ0v) is 8.67. The van der Waals surface area contributed by atoms with Crippen molar-refractivity contribution in [3.05, 3.63) is 0 Å². The average molecular weight is 216 g/mol. The van der Waals surface area contributed by atoms with Gasteiger partial charge >= 0.3 is 64.3 Å². The fourth-order valence-corrected chi connectivity index (χ4v) is 0. The van der Waals surface area contributed by atoms with E-state index in [2.05, 4.69) is 0 Å². The van der Waals surface area contributed by atoms with E-state index in [9.17, 15) is 0 Å². The van der Waals surface area contributed by atoms with E-state index in [1.165, 1.54) is 0 Å². The third kappa shape index (κ3) is 1310. The molecule has 0 aromatic carbocycles. The van der Waals surface area contributed by atoms with Gasteiger partial charge in [0.15, 0.2) is 0 Å². The van der Waals surface area contributed by atoms with Gasteiger partial charge in [0.05, 0.1) is 0 Å². The second kappa shape index (κ2) is 16.3. The second-order valence-electron chi connectivity index (χ2n) is 0.516. The van der Waals surface area contributed by atoms with Gasteiger partial charge < -0.3 is 30.0 Å². The molecular formula is C2HLiO6Sr. The van der Waals surface area contributed by atoms with E-state index in [0.717, 1.165) is 0 Å². The minimum Gasteiger partial charge on any atom is -0.652 e. The maximum atomic E-state index is 8.44. The molecule has 0 spiro atoms. The van der Waals surface area contributed by atoms with Crippen LogP contribution in [0.2, 0.25) is 0 Å². The van der Waals surface area contributed by atoms with Crippen LogP contribution < -0.4 is 34.2 Å². The standard InChI is InChI=1S/2CH2O3.Li.Sr/c2*2-1(3)4;;/h2*(H2,2,3,4);;/q;;+1;+2/p-3. The Morgan fingerprint density at radius 2 is 1.10 bits per heavy atom. The Hall–Kier alpha value is 0.618. The molecular weight excluding hydrogens is 215 g/mol. The zero-order chi connectivity index (χ0) is 7.15. The first kappa shape index (κ1) is 22.4. The van der Waals surface area contributed by atoms with Crippen molar-refractivity contribution in [2.45, 2.75) is 0 Å². The number of hydrogen-bond donors (Lipinski definition) is 1. The van der Waals surface area contributed by atoms with E-state index in [0.29, 0.717) is 0 Å². The largest absolute Gasteiger partial charge is 2.00 e. The molecule has 0 fully saturated rings. The normalized spacial score (nSPS) is 4.80. The van der Waals surface area contributed by atoms with E-state index in [1.807, 2.05) is 0 Å². The van der Waals surface area contributed by atoms with Gasteiger partial charge in [-0.15, -0.1) is 0 Å². The quantitative estimate of drug-likeness (QED) is 0.401. The van der Waals surface area contributed by atoms with E-state index < -0.39 is 12.3 Å². The minimum absolute atomic E-state index is 0. The molecule has 0 heterocycles. The molecule has 0 radical (unpaired) electrons. The van der Waals surface area contributed by atoms with Gasteiger partial charge in [-0.1, -0.05) is 0 Å². The van der Waals surface area contributed by atoms with Gasteiger partial charge in [0, 0.05) is 0 Å². The molecule has 0 aliphatic heterocycles. The molecule has 48 valence electrons. The van der Waals surface area contributed by atoms with Crippen molar-refractivity contribution in [3.8, 4) is 0 Å². The molecule has 0 rings (SSSR count). The second-order valence-corrected chi connectivity index (χ2v) is 0.516. The van der Waals surface area contributed by atoms with Gasteiger partial charge in [0.25, 0.3) is 0 Å². The van der Waals surface area contributed by atoms with Crippen LogP contribution in [0.1, 0.15) is 0 Å². The van der Waals surface area contributed by atoms with Crippen molar-refractivity contribution in [2.75, 3.05) is 0 Å². The number of rotatable bonds is 0. The Kier molecular flexibility index (Phi) is 36.6. The first-order valence-electron chi connectivity index (χ1n) is 1.24. The number of carbonyl (C=O) groups is 2. The maximum Gasteiger partial charge on any atom is 2.00 e. The van der Waals surface area contributed by atoms with Crippen molar-refractivity contribution in [1.82, 2.24) is 0 Å². The average Bonchev–Trinajstić information content (AvgIpc) is 1.25. The summed E-state index contributed by atoms with van der Waals surface area (Å²) in [6, 6.07) is 0. The van der Waals surface area contributed by atoms with E-state index in [1.54, 1.807) is 0 Å². The molecule has 0 aromatic heterocycles. The molecule has 0 aromatic rings. The van der Waals surface area contributed by atoms with E-state index in [4.69, 9.17) is 30.0 Å². The van der Waals surface area contributed by atoms with Gasteiger partial charge in [-0.2, -0.15) is 0 Å². The Balaban J connectivity index is -0.0000000300. The van der Waals surface area contributed by atoms with Gasteiger partial charge in [0.1, 0.15) is 0 Å².